The maximum atomic E-state index is 12.4. The van der Waals surface area contributed by atoms with Gasteiger partial charge in [0.25, 0.3) is 0 Å². The van der Waals surface area contributed by atoms with Gasteiger partial charge in [0.1, 0.15) is 12.2 Å². The van der Waals surface area contributed by atoms with Crippen molar-refractivity contribution in [1.29, 1.82) is 0 Å². The van der Waals surface area contributed by atoms with E-state index in [4.69, 9.17) is 4.74 Å². The number of esters is 1. The van der Waals surface area contributed by atoms with E-state index in [1.807, 2.05) is 50.3 Å². The van der Waals surface area contributed by atoms with Gasteiger partial charge in [0, 0.05) is 23.7 Å². The highest BCUT2D eigenvalue weighted by Gasteiger charge is 2.31. The average Bonchev–Trinajstić information content (AvgIpc) is 2.73. The number of cyclic esters (lactones) is 1. The van der Waals surface area contributed by atoms with Crippen molar-refractivity contribution in [3.8, 4) is 0 Å². The van der Waals surface area contributed by atoms with E-state index in [2.05, 4.69) is 11.9 Å². The van der Waals surface area contributed by atoms with Crippen LogP contribution in [0.5, 0.6) is 0 Å². The number of pyridine rings is 1. The molecule has 170 valence electrons. The van der Waals surface area contributed by atoms with Crippen LogP contribution in [0.3, 0.4) is 0 Å². The third-order valence-electron chi connectivity index (χ3n) is 5.72. The zero-order valence-corrected chi connectivity index (χ0v) is 18.8. The van der Waals surface area contributed by atoms with Gasteiger partial charge in [-0.25, -0.2) is 0 Å². The van der Waals surface area contributed by atoms with Crippen LogP contribution in [0.2, 0.25) is 0 Å². The van der Waals surface area contributed by atoms with Crippen molar-refractivity contribution < 1.29 is 24.9 Å². The highest BCUT2D eigenvalue weighted by Crippen LogP contribution is 2.25. The third kappa shape index (κ3) is 7.73. The van der Waals surface area contributed by atoms with Crippen LogP contribution in [0, 0.1) is 5.92 Å². The van der Waals surface area contributed by atoms with Crippen LogP contribution in [-0.4, -0.2) is 50.2 Å². The molecule has 1 unspecified atom stereocenters. The largest absolute Gasteiger partial charge is 0.457 e. The molecule has 1 aliphatic rings. The highest BCUT2D eigenvalue weighted by molar-refractivity contribution is 5.70. The Bertz CT molecular complexity index is 799. The number of ether oxygens (including phenoxy) is 1. The first-order valence-corrected chi connectivity index (χ1v) is 10.8. The van der Waals surface area contributed by atoms with Gasteiger partial charge in [0.2, 0.25) is 0 Å². The predicted octanol–water partition coefficient (Wildman–Crippen LogP) is 3.45. The number of carbonyl (C=O) groups excluding carboxylic acids is 1. The van der Waals surface area contributed by atoms with Crippen LogP contribution in [-0.2, 0) is 9.53 Å². The number of allylic oxidation sites excluding steroid dienone is 3. The SMILES string of the molecule is C/C(=C\C=C\C(C)c1ccccn1)[C@H]1OC(=O)C[C@H](O)CC[C@@](C)(O)[C@@H](O)/C=C/[C@@H]1C. The summed E-state index contributed by atoms with van der Waals surface area (Å²) in [4.78, 5) is 16.7. The molecular weight excluding hydrogens is 394 g/mol. The lowest BCUT2D eigenvalue weighted by atomic mass is 9.89. The Morgan fingerprint density at radius 3 is 2.74 bits per heavy atom. The minimum atomic E-state index is -1.38. The van der Waals surface area contributed by atoms with Crippen molar-refractivity contribution in [1.82, 2.24) is 4.98 Å². The maximum Gasteiger partial charge on any atom is 0.309 e. The van der Waals surface area contributed by atoms with E-state index >= 15 is 0 Å². The molecule has 6 heteroatoms. The number of nitrogens with zero attached hydrogens (tertiary/aromatic N) is 1. The van der Waals surface area contributed by atoms with E-state index in [9.17, 15) is 20.1 Å². The van der Waals surface area contributed by atoms with Crippen LogP contribution < -0.4 is 0 Å². The first-order chi connectivity index (χ1) is 14.6. The number of carbonyl (C=O) groups is 1. The lowest BCUT2D eigenvalue weighted by Gasteiger charge is -2.30. The molecule has 1 aromatic rings. The summed E-state index contributed by atoms with van der Waals surface area (Å²) >= 11 is 0. The van der Waals surface area contributed by atoms with Gasteiger partial charge in [-0.05, 0) is 44.4 Å². The second kappa shape index (κ2) is 11.4. The summed E-state index contributed by atoms with van der Waals surface area (Å²) in [7, 11) is 0. The molecule has 0 bridgehead atoms. The fourth-order valence-corrected chi connectivity index (χ4v) is 3.51. The minimum absolute atomic E-state index is 0.133. The zero-order valence-electron chi connectivity index (χ0n) is 18.8. The number of hydrogen-bond donors (Lipinski definition) is 3. The Morgan fingerprint density at radius 2 is 2.06 bits per heavy atom. The Kier molecular flexibility index (Phi) is 9.16. The van der Waals surface area contributed by atoms with E-state index in [0.717, 1.165) is 11.3 Å². The second-order valence-corrected chi connectivity index (χ2v) is 8.69. The first-order valence-electron chi connectivity index (χ1n) is 10.8. The molecule has 0 saturated carbocycles. The van der Waals surface area contributed by atoms with Crippen molar-refractivity contribution in [2.24, 2.45) is 5.92 Å². The molecule has 6 atom stereocenters. The number of aromatic nitrogens is 1. The molecule has 1 aromatic heterocycles. The molecule has 0 fully saturated rings. The topological polar surface area (TPSA) is 99.9 Å². The first kappa shape index (κ1) is 25.0. The van der Waals surface area contributed by atoms with Gasteiger partial charge in [-0.15, -0.1) is 0 Å². The summed E-state index contributed by atoms with van der Waals surface area (Å²) in [6.07, 6.45) is 8.53. The molecule has 31 heavy (non-hydrogen) atoms. The van der Waals surface area contributed by atoms with Crippen molar-refractivity contribution in [2.45, 2.75) is 76.8 Å². The fraction of sp³-hybridized carbons (Fsp3) is 0.520. The van der Waals surface area contributed by atoms with Gasteiger partial charge in [-0.3, -0.25) is 9.78 Å². The third-order valence-corrected chi connectivity index (χ3v) is 5.72. The van der Waals surface area contributed by atoms with Gasteiger partial charge in [0.05, 0.1) is 18.1 Å². The van der Waals surface area contributed by atoms with Gasteiger partial charge in [0.15, 0.2) is 0 Å². The molecule has 0 amide bonds. The van der Waals surface area contributed by atoms with E-state index in [1.165, 1.54) is 13.0 Å². The Morgan fingerprint density at radius 1 is 1.32 bits per heavy atom. The van der Waals surface area contributed by atoms with E-state index in [0.29, 0.717) is 0 Å². The number of aliphatic hydroxyl groups is 3. The predicted molar refractivity (Wildman–Crippen MR) is 120 cm³/mol. The molecule has 3 N–H and O–H groups in total. The molecule has 2 rings (SSSR count). The van der Waals surface area contributed by atoms with Crippen LogP contribution in [0.4, 0.5) is 0 Å². The average molecular weight is 430 g/mol. The molecule has 0 spiro atoms. The summed E-state index contributed by atoms with van der Waals surface area (Å²) in [6.45, 7) is 7.35. The van der Waals surface area contributed by atoms with Gasteiger partial charge < -0.3 is 20.1 Å². The van der Waals surface area contributed by atoms with E-state index in [1.54, 1.807) is 12.3 Å². The van der Waals surface area contributed by atoms with E-state index in [-0.39, 0.29) is 31.1 Å². The molecule has 6 nitrogen and oxygen atoms in total. The summed E-state index contributed by atoms with van der Waals surface area (Å²) in [5, 5.41) is 31.0. The van der Waals surface area contributed by atoms with Crippen LogP contribution in [0.15, 0.2) is 60.3 Å². The maximum absolute atomic E-state index is 12.4. The molecule has 0 aromatic carbocycles. The number of aliphatic hydroxyl groups excluding tert-OH is 2. The molecule has 0 radical (unpaired) electrons. The fourth-order valence-electron chi connectivity index (χ4n) is 3.51. The quantitative estimate of drug-likeness (QED) is 0.385. The smallest absolute Gasteiger partial charge is 0.309 e. The van der Waals surface area contributed by atoms with Crippen LogP contribution in [0.25, 0.3) is 0 Å². The minimum Gasteiger partial charge on any atom is -0.457 e. The Hall–Kier alpha value is -2.28. The van der Waals surface area contributed by atoms with Crippen molar-refractivity contribution in [3.63, 3.8) is 0 Å². The Labute approximate surface area is 185 Å². The normalized spacial score (nSPS) is 33.3. The van der Waals surface area contributed by atoms with Gasteiger partial charge in [-0.2, -0.15) is 0 Å². The summed E-state index contributed by atoms with van der Waals surface area (Å²) in [6, 6.07) is 5.80. The van der Waals surface area contributed by atoms with Gasteiger partial charge >= 0.3 is 5.97 Å². The van der Waals surface area contributed by atoms with Gasteiger partial charge in [-0.1, -0.05) is 50.3 Å². The van der Waals surface area contributed by atoms with Crippen molar-refractivity contribution in [2.75, 3.05) is 0 Å². The summed E-state index contributed by atoms with van der Waals surface area (Å²) in [5.74, 6) is -0.588. The molecular formula is C25H35NO5. The molecule has 1 aliphatic heterocycles. The second-order valence-electron chi connectivity index (χ2n) is 8.69. The monoisotopic (exact) mass is 429 g/mol. The van der Waals surface area contributed by atoms with Crippen molar-refractivity contribution >= 4 is 5.97 Å². The molecule has 2 heterocycles. The number of rotatable bonds is 4. The lowest BCUT2D eigenvalue weighted by Crippen LogP contribution is -2.39. The lowest BCUT2D eigenvalue weighted by molar-refractivity contribution is -0.151. The zero-order chi connectivity index (χ0) is 23.0. The number of hydrogen-bond acceptors (Lipinski definition) is 6. The van der Waals surface area contributed by atoms with Crippen molar-refractivity contribution in [3.05, 3.63) is 66.0 Å². The standard InChI is InChI=1S/C25H35NO5/c1-17(21-10-5-6-15-26-21)8-7-9-18(2)24-19(3)11-12-22(28)25(4,30)14-13-20(27)16-23(29)31-24/h5-12,15,17,19-20,22,24,27-28,30H,13-14,16H2,1-4H3/b8-7+,12-11+,18-9+/t17?,19-,20+,22-,24+,25+/m0/s1. The highest BCUT2D eigenvalue weighted by atomic mass is 16.5. The van der Waals surface area contributed by atoms with Crippen LogP contribution in [0.1, 0.15) is 58.6 Å². The summed E-state index contributed by atoms with van der Waals surface area (Å²) in [5.41, 5.74) is 0.418. The summed E-state index contributed by atoms with van der Waals surface area (Å²) < 4.78 is 5.69. The molecule has 0 aliphatic carbocycles. The Balaban J connectivity index is 2.21. The van der Waals surface area contributed by atoms with Crippen LogP contribution >= 0.6 is 0 Å². The van der Waals surface area contributed by atoms with E-state index < -0.39 is 29.9 Å². The molecule has 0 saturated heterocycles.